The van der Waals surface area contributed by atoms with Gasteiger partial charge in [0.2, 0.25) is 0 Å². The summed E-state index contributed by atoms with van der Waals surface area (Å²) in [6, 6.07) is 3.16. The van der Waals surface area contributed by atoms with Crippen LogP contribution in [0.4, 0.5) is 8.78 Å². The molecule has 29 heavy (non-hydrogen) atoms. The number of ether oxygens (including phenoxy) is 1. The van der Waals surface area contributed by atoms with E-state index in [1.165, 1.54) is 7.11 Å². The molecular formula is C20H22BrF2O4PS. The lowest BCUT2D eigenvalue weighted by molar-refractivity contribution is 0.0600. The fourth-order valence-electron chi connectivity index (χ4n) is 2.33. The normalized spacial score (nSPS) is 12.3. The molecule has 0 atom stereocenters. The van der Waals surface area contributed by atoms with E-state index in [4.69, 9.17) is 13.8 Å². The summed E-state index contributed by atoms with van der Waals surface area (Å²) < 4.78 is 47.0. The molecule has 2 rings (SSSR count). The molecule has 0 fully saturated rings. The van der Waals surface area contributed by atoms with Crippen LogP contribution in [-0.4, -0.2) is 32.2 Å². The predicted octanol–water partition coefficient (Wildman–Crippen LogP) is 6.69. The number of hydrogen-bond acceptors (Lipinski definition) is 5. The molecule has 1 aromatic heterocycles. The largest absolute Gasteiger partial charge is 0.366 e. The molecule has 0 saturated heterocycles. The average Bonchev–Trinajstić information content (AvgIpc) is 3.03. The summed E-state index contributed by atoms with van der Waals surface area (Å²) in [7, 11) is -0.924. The third kappa shape index (κ3) is 5.41. The van der Waals surface area contributed by atoms with Gasteiger partial charge in [0.05, 0.1) is 22.8 Å². The first-order chi connectivity index (χ1) is 13.6. The SMILES string of the molecule is CCOP(OCC)C(F)(F)c1sc2c(C#CC(C)(C)OC)cc(C=O)cc2c1Br. The van der Waals surface area contributed by atoms with Gasteiger partial charge >= 0.3 is 5.66 Å². The fraction of sp³-hybridized carbons (Fsp3) is 0.450. The second-order valence-corrected chi connectivity index (χ2v) is 9.81. The van der Waals surface area contributed by atoms with E-state index in [2.05, 4.69) is 27.8 Å². The fourth-order valence-corrected chi connectivity index (χ4v) is 5.95. The Hall–Kier alpha value is -0.940. The van der Waals surface area contributed by atoms with Gasteiger partial charge in [0.25, 0.3) is 8.38 Å². The molecule has 0 radical (unpaired) electrons. The first-order valence-electron chi connectivity index (χ1n) is 8.85. The van der Waals surface area contributed by atoms with Crippen LogP contribution in [0.25, 0.3) is 10.1 Å². The molecule has 0 bridgehead atoms. The summed E-state index contributed by atoms with van der Waals surface area (Å²) in [4.78, 5) is 11.2. The molecule has 0 aliphatic carbocycles. The van der Waals surface area contributed by atoms with Gasteiger partial charge in [-0.25, -0.2) is 0 Å². The molecular weight excluding hydrogens is 485 g/mol. The second kappa shape index (κ2) is 9.91. The van der Waals surface area contributed by atoms with E-state index in [1.54, 1.807) is 39.8 Å². The Morgan fingerprint density at radius 1 is 1.24 bits per heavy atom. The van der Waals surface area contributed by atoms with Crippen molar-refractivity contribution in [1.29, 1.82) is 0 Å². The van der Waals surface area contributed by atoms with Gasteiger partial charge in [0.1, 0.15) is 11.9 Å². The number of rotatable bonds is 8. The quantitative estimate of drug-likeness (QED) is 0.227. The van der Waals surface area contributed by atoms with Gasteiger partial charge in [0, 0.05) is 28.1 Å². The van der Waals surface area contributed by atoms with E-state index in [0.717, 1.165) is 11.3 Å². The van der Waals surface area contributed by atoms with Gasteiger partial charge in [0.15, 0.2) is 0 Å². The van der Waals surface area contributed by atoms with Crippen molar-refractivity contribution in [2.75, 3.05) is 20.3 Å². The molecule has 1 aromatic carbocycles. The van der Waals surface area contributed by atoms with E-state index >= 15 is 8.78 Å². The van der Waals surface area contributed by atoms with Gasteiger partial charge in [-0.3, -0.25) is 4.79 Å². The number of aldehydes is 1. The zero-order valence-corrected chi connectivity index (χ0v) is 20.1. The Morgan fingerprint density at radius 2 is 1.86 bits per heavy atom. The van der Waals surface area contributed by atoms with Crippen molar-refractivity contribution < 1.29 is 27.4 Å². The number of thiophene rings is 1. The molecule has 0 saturated carbocycles. The highest BCUT2D eigenvalue weighted by Crippen LogP contribution is 2.63. The molecule has 0 unspecified atom stereocenters. The molecule has 1 heterocycles. The summed E-state index contributed by atoms with van der Waals surface area (Å²) in [6.45, 7) is 7.10. The highest BCUT2D eigenvalue weighted by atomic mass is 79.9. The Labute approximate surface area is 183 Å². The van der Waals surface area contributed by atoms with Gasteiger partial charge < -0.3 is 13.8 Å². The third-order valence-electron chi connectivity index (χ3n) is 3.89. The van der Waals surface area contributed by atoms with Crippen molar-refractivity contribution in [3.63, 3.8) is 0 Å². The van der Waals surface area contributed by atoms with Crippen molar-refractivity contribution in [3.8, 4) is 11.8 Å². The van der Waals surface area contributed by atoms with Crippen LogP contribution in [0.3, 0.4) is 0 Å². The molecule has 0 N–H and O–H groups in total. The molecule has 2 aromatic rings. The van der Waals surface area contributed by atoms with E-state index in [9.17, 15) is 4.79 Å². The Kier molecular flexibility index (Phi) is 8.32. The second-order valence-electron chi connectivity index (χ2n) is 6.41. The number of alkyl halides is 2. The summed E-state index contributed by atoms with van der Waals surface area (Å²) in [5.74, 6) is 5.95. The van der Waals surface area contributed by atoms with Crippen molar-refractivity contribution in [3.05, 3.63) is 32.6 Å². The van der Waals surface area contributed by atoms with Crippen LogP contribution in [-0.2, 0) is 19.4 Å². The number of methoxy groups -OCH3 is 1. The van der Waals surface area contributed by atoms with Crippen molar-refractivity contribution in [1.82, 2.24) is 0 Å². The topological polar surface area (TPSA) is 44.8 Å². The number of hydrogen-bond donors (Lipinski definition) is 0. The smallest absolute Gasteiger partial charge is 0.349 e. The first-order valence-corrected chi connectivity index (χ1v) is 11.6. The van der Waals surface area contributed by atoms with Crippen LogP contribution < -0.4 is 0 Å². The third-order valence-corrected chi connectivity index (χ3v) is 8.10. The maximum absolute atomic E-state index is 15.3. The number of halogens is 3. The van der Waals surface area contributed by atoms with E-state index in [1.807, 2.05) is 0 Å². The maximum Gasteiger partial charge on any atom is 0.349 e. The van der Waals surface area contributed by atoms with E-state index in [-0.39, 0.29) is 22.6 Å². The summed E-state index contributed by atoms with van der Waals surface area (Å²) in [5.41, 5.74) is -3.22. The number of benzene rings is 1. The summed E-state index contributed by atoms with van der Waals surface area (Å²) >= 11 is 4.22. The minimum absolute atomic E-state index is 0.113. The van der Waals surface area contributed by atoms with Gasteiger partial charge in [-0.2, -0.15) is 8.78 Å². The maximum atomic E-state index is 15.3. The van der Waals surface area contributed by atoms with Crippen LogP contribution in [0.15, 0.2) is 16.6 Å². The van der Waals surface area contributed by atoms with Gasteiger partial charge in [-0.1, -0.05) is 11.8 Å². The molecule has 4 nitrogen and oxygen atoms in total. The van der Waals surface area contributed by atoms with Crippen molar-refractivity contribution in [2.45, 2.75) is 39.0 Å². The predicted molar refractivity (Wildman–Crippen MR) is 117 cm³/mol. The molecule has 158 valence electrons. The Balaban J connectivity index is 2.70. The van der Waals surface area contributed by atoms with Crippen LogP contribution >= 0.6 is 35.6 Å². The molecule has 0 aliphatic heterocycles. The van der Waals surface area contributed by atoms with Crippen LogP contribution in [0, 0.1) is 11.8 Å². The average molecular weight is 507 g/mol. The number of fused-ring (bicyclic) bond motifs is 1. The molecule has 0 aliphatic rings. The van der Waals surface area contributed by atoms with Crippen LogP contribution in [0.2, 0.25) is 0 Å². The lowest BCUT2D eigenvalue weighted by atomic mass is 10.1. The minimum Gasteiger partial charge on any atom is -0.366 e. The van der Waals surface area contributed by atoms with Crippen molar-refractivity contribution >= 4 is 52.0 Å². The lowest BCUT2D eigenvalue weighted by Gasteiger charge is -2.24. The molecule has 0 amide bonds. The minimum atomic E-state index is -3.33. The molecule has 0 spiro atoms. The highest BCUT2D eigenvalue weighted by molar-refractivity contribution is 9.10. The van der Waals surface area contributed by atoms with Gasteiger partial charge in [-0.05, 0) is 55.8 Å². The number of carbonyl (C=O) groups is 1. The highest BCUT2D eigenvalue weighted by Gasteiger charge is 2.48. The molecule has 9 heteroatoms. The number of carbonyl (C=O) groups excluding carboxylic acids is 1. The van der Waals surface area contributed by atoms with Crippen LogP contribution in [0.1, 0.15) is 48.5 Å². The zero-order chi connectivity index (χ0) is 21.8. The standard InChI is InChI=1S/C20H22BrF2O4PS/c1-6-26-28(27-7-2)20(22,23)18-16(21)15-11-13(12-24)10-14(17(15)29-18)8-9-19(3,4)25-5/h10-12H,6-7H2,1-5H3. The Morgan fingerprint density at radius 3 is 2.38 bits per heavy atom. The van der Waals surface area contributed by atoms with E-state index in [0.29, 0.717) is 27.5 Å². The van der Waals surface area contributed by atoms with Crippen LogP contribution in [0.5, 0.6) is 0 Å². The van der Waals surface area contributed by atoms with Gasteiger partial charge in [-0.15, -0.1) is 11.3 Å². The zero-order valence-electron chi connectivity index (χ0n) is 16.8. The summed E-state index contributed by atoms with van der Waals surface area (Å²) in [6.07, 6.45) is 0.668. The Bertz CT molecular complexity index is 943. The first kappa shape index (κ1) is 24.3. The monoisotopic (exact) mass is 506 g/mol. The van der Waals surface area contributed by atoms with E-state index < -0.39 is 19.6 Å². The summed E-state index contributed by atoms with van der Waals surface area (Å²) in [5, 5.41) is 0.497. The van der Waals surface area contributed by atoms with Crippen molar-refractivity contribution in [2.24, 2.45) is 0 Å². The lowest BCUT2D eigenvalue weighted by Crippen LogP contribution is -2.19.